The van der Waals surface area contributed by atoms with Crippen molar-refractivity contribution < 1.29 is 14.4 Å². The minimum absolute atomic E-state index is 0.385. The molecule has 0 spiro atoms. The van der Waals surface area contributed by atoms with Gasteiger partial charge in [-0.15, -0.1) is 0 Å². The minimum Gasteiger partial charge on any atom is -0.276 e. The normalized spacial score (nSPS) is 18.5. The highest BCUT2D eigenvalue weighted by molar-refractivity contribution is 6.32. The molecule has 100 valence electrons. The number of amides is 4. The number of aryl methyl sites for hydroxylation is 1. The molecule has 0 aromatic heterocycles. The standard InChI is InChI=1S/C13H13ClN2O3/c1-7-4-5-8(14)6-9(7)16-11(18)13(2,3)10(17)15-12(16)19/h4-6H,1-3H3,(H,15,17,19). The number of hydrogen-bond acceptors (Lipinski definition) is 3. The van der Waals surface area contributed by atoms with Crippen LogP contribution in [0, 0.1) is 12.3 Å². The number of hydrogen-bond donors (Lipinski definition) is 1. The van der Waals surface area contributed by atoms with Crippen LogP contribution in [0.1, 0.15) is 19.4 Å². The van der Waals surface area contributed by atoms with E-state index in [2.05, 4.69) is 5.32 Å². The summed E-state index contributed by atoms with van der Waals surface area (Å²) in [5.41, 5.74) is -0.184. The van der Waals surface area contributed by atoms with Gasteiger partial charge in [-0.1, -0.05) is 17.7 Å². The number of benzene rings is 1. The number of nitrogens with zero attached hydrogens (tertiary/aromatic N) is 1. The molecule has 5 nitrogen and oxygen atoms in total. The topological polar surface area (TPSA) is 66.5 Å². The van der Waals surface area contributed by atoms with Gasteiger partial charge in [0.25, 0.3) is 0 Å². The quantitative estimate of drug-likeness (QED) is 0.803. The second-order valence-corrected chi connectivity index (χ2v) is 5.39. The van der Waals surface area contributed by atoms with Crippen LogP contribution < -0.4 is 10.2 Å². The largest absolute Gasteiger partial charge is 0.335 e. The van der Waals surface area contributed by atoms with Crippen molar-refractivity contribution in [3.05, 3.63) is 28.8 Å². The van der Waals surface area contributed by atoms with Gasteiger partial charge in [0.05, 0.1) is 5.69 Å². The smallest absolute Gasteiger partial charge is 0.276 e. The molecule has 1 N–H and O–H groups in total. The van der Waals surface area contributed by atoms with Crippen molar-refractivity contribution in [3.8, 4) is 0 Å². The van der Waals surface area contributed by atoms with Crippen LogP contribution >= 0.6 is 11.6 Å². The molecule has 0 radical (unpaired) electrons. The Morgan fingerprint density at radius 2 is 1.84 bits per heavy atom. The highest BCUT2D eigenvalue weighted by Gasteiger charge is 2.47. The SMILES string of the molecule is Cc1ccc(Cl)cc1N1C(=O)NC(=O)C(C)(C)C1=O. The molecule has 1 aliphatic rings. The third kappa shape index (κ3) is 2.10. The van der Waals surface area contributed by atoms with Crippen molar-refractivity contribution in [1.29, 1.82) is 0 Å². The van der Waals surface area contributed by atoms with Crippen molar-refractivity contribution in [2.45, 2.75) is 20.8 Å². The Morgan fingerprint density at radius 3 is 2.47 bits per heavy atom. The number of carbonyl (C=O) groups excluding carboxylic acids is 3. The number of nitrogens with one attached hydrogen (secondary N) is 1. The van der Waals surface area contributed by atoms with E-state index in [-0.39, 0.29) is 0 Å². The van der Waals surface area contributed by atoms with E-state index in [1.807, 2.05) is 0 Å². The van der Waals surface area contributed by atoms with Crippen molar-refractivity contribution in [2.75, 3.05) is 4.90 Å². The highest BCUT2D eigenvalue weighted by atomic mass is 35.5. The fourth-order valence-electron chi connectivity index (χ4n) is 1.82. The maximum Gasteiger partial charge on any atom is 0.335 e. The van der Waals surface area contributed by atoms with Gasteiger partial charge in [-0.05, 0) is 38.5 Å². The molecule has 1 fully saturated rings. The fraction of sp³-hybridized carbons (Fsp3) is 0.308. The van der Waals surface area contributed by atoms with Gasteiger partial charge in [0, 0.05) is 5.02 Å². The third-order valence-electron chi connectivity index (χ3n) is 3.14. The molecular weight excluding hydrogens is 268 g/mol. The maximum atomic E-state index is 12.3. The zero-order valence-electron chi connectivity index (χ0n) is 10.8. The van der Waals surface area contributed by atoms with Gasteiger partial charge >= 0.3 is 6.03 Å². The summed E-state index contributed by atoms with van der Waals surface area (Å²) in [5, 5.41) is 2.59. The molecule has 1 heterocycles. The molecule has 0 atom stereocenters. The first-order valence-electron chi connectivity index (χ1n) is 5.71. The van der Waals surface area contributed by atoms with Crippen LogP contribution in [0.3, 0.4) is 0 Å². The van der Waals surface area contributed by atoms with E-state index in [0.29, 0.717) is 10.7 Å². The molecule has 6 heteroatoms. The Morgan fingerprint density at radius 1 is 1.21 bits per heavy atom. The number of halogens is 1. The Labute approximate surface area is 115 Å². The van der Waals surface area contributed by atoms with E-state index >= 15 is 0 Å². The Bertz CT molecular complexity index is 596. The van der Waals surface area contributed by atoms with Crippen LogP contribution in [0.25, 0.3) is 0 Å². The number of imide groups is 2. The molecule has 1 aromatic carbocycles. The lowest BCUT2D eigenvalue weighted by atomic mass is 9.88. The molecule has 0 unspecified atom stereocenters. The van der Waals surface area contributed by atoms with Gasteiger partial charge in [-0.25, -0.2) is 9.69 Å². The Kier molecular flexibility index (Phi) is 3.10. The van der Waals surface area contributed by atoms with Crippen LogP contribution in [0.2, 0.25) is 5.02 Å². The van der Waals surface area contributed by atoms with Crippen molar-refractivity contribution in [1.82, 2.24) is 5.32 Å². The second kappa shape index (κ2) is 4.35. The summed E-state index contributed by atoms with van der Waals surface area (Å²) in [4.78, 5) is 36.9. The van der Waals surface area contributed by atoms with Crippen molar-refractivity contribution >= 4 is 35.1 Å². The summed E-state index contributed by atoms with van der Waals surface area (Å²) in [5.74, 6) is -1.16. The molecule has 2 rings (SSSR count). The molecule has 1 aliphatic heterocycles. The lowest BCUT2D eigenvalue weighted by Gasteiger charge is -2.35. The van der Waals surface area contributed by atoms with E-state index in [4.69, 9.17) is 11.6 Å². The van der Waals surface area contributed by atoms with E-state index in [1.165, 1.54) is 19.9 Å². The summed E-state index contributed by atoms with van der Waals surface area (Å²) in [7, 11) is 0. The van der Waals surface area contributed by atoms with Crippen LogP contribution in [0.15, 0.2) is 18.2 Å². The Hall–Kier alpha value is -1.88. The van der Waals surface area contributed by atoms with E-state index in [9.17, 15) is 14.4 Å². The first-order chi connectivity index (χ1) is 8.75. The lowest BCUT2D eigenvalue weighted by Crippen LogP contribution is -2.62. The van der Waals surface area contributed by atoms with Gasteiger partial charge in [0.15, 0.2) is 0 Å². The first-order valence-corrected chi connectivity index (χ1v) is 6.09. The number of carbonyl (C=O) groups is 3. The molecule has 1 aromatic rings. The highest BCUT2D eigenvalue weighted by Crippen LogP contribution is 2.31. The minimum atomic E-state index is -1.29. The average molecular weight is 281 g/mol. The zero-order valence-corrected chi connectivity index (χ0v) is 11.5. The fourth-order valence-corrected chi connectivity index (χ4v) is 1.99. The van der Waals surface area contributed by atoms with Crippen LogP contribution in [0.4, 0.5) is 10.5 Å². The number of urea groups is 1. The predicted octanol–water partition coefficient (Wildman–Crippen LogP) is 2.26. The monoisotopic (exact) mass is 280 g/mol. The average Bonchev–Trinajstić information content (AvgIpc) is 2.32. The summed E-state index contributed by atoms with van der Waals surface area (Å²) in [6.07, 6.45) is 0. The first kappa shape index (κ1) is 13.5. The molecular formula is C13H13ClN2O3. The Balaban J connectivity index is 2.55. The third-order valence-corrected chi connectivity index (χ3v) is 3.38. The summed E-state index contributed by atoms with van der Waals surface area (Å²) in [6.45, 7) is 4.71. The van der Waals surface area contributed by atoms with Gasteiger partial charge in [-0.3, -0.25) is 14.9 Å². The molecule has 19 heavy (non-hydrogen) atoms. The predicted molar refractivity (Wildman–Crippen MR) is 71.0 cm³/mol. The number of barbiturate groups is 1. The van der Waals surface area contributed by atoms with Crippen molar-refractivity contribution in [2.24, 2.45) is 5.41 Å². The van der Waals surface area contributed by atoms with Crippen LogP contribution in [-0.4, -0.2) is 17.8 Å². The summed E-state index contributed by atoms with van der Waals surface area (Å²) >= 11 is 5.89. The zero-order chi connectivity index (χ0) is 14.4. The van der Waals surface area contributed by atoms with E-state index in [1.54, 1.807) is 19.1 Å². The van der Waals surface area contributed by atoms with Crippen LogP contribution in [0.5, 0.6) is 0 Å². The molecule has 4 amide bonds. The van der Waals surface area contributed by atoms with Gasteiger partial charge in [0.1, 0.15) is 5.41 Å². The summed E-state index contributed by atoms with van der Waals surface area (Å²) < 4.78 is 0. The lowest BCUT2D eigenvalue weighted by molar-refractivity contribution is -0.140. The molecule has 1 saturated heterocycles. The molecule has 0 bridgehead atoms. The number of anilines is 1. The van der Waals surface area contributed by atoms with Crippen molar-refractivity contribution in [3.63, 3.8) is 0 Å². The van der Waals surface area contributed by atoms with Crippen LogP contribution in [-0.2, 0) is 9.59 Å². The van der Waals surface area contributed by atoms with E-state index < -0.39 is 23.3 Å². The van der Waals surface area contributed by atoms with Gasteiger partial charge < -0.3 is 0 Å². The van der Waals surface area contributed by atoms with Gasteiger partial charge in [-0.2, -0.15) is 0 Å². The number of rotatable bonds is 1. The maximum absolute atomic E-state index is 12.3. The van der Waals surface area contributed by atoms with E-state index in [0.717, 1.165) is 10.5 Å². The summed E-state index contributed by atoms with van der Waals surface area (Å²) in [6, 6.07) is 4.16. The second-order valence-electron chi connectivity index (χ2n) is 4.96. The molecule has 0 aliphatic carbocycles. The van der Waals surface area contributed by atoms with Gasteiger partial charge in [0.2, 0.25) is 11.8 Å². The molecule has 0 saturated carbocycles.